The third-order valence-electron chi connectivity index (χ3n) is 2.94. The minimum atomic E-state index is -0.157. The standard InChI is InChI=1S/C16H16BrF/c17-15(10-9-13-5-2-1-3-6-13)11-14-7-4-8-16(18)12-14/h1-8,12,15H,9-11H2. The van der Waals surface area contributed by atoms with E-state index in [0.717, 1.165) is 24.8 Å². The van der Waals surface area contributed by atoms with E-state index in [1.54, 1.807) is 12.1 Å². The van der Waals surface area contributed by atoms with E-state index in [-0.39, 0.29) is 5.82 Å². The summed E-state index contributed by atoms with van der Waals surface area (Å²) >= 11 is 3.67. The Morgan fingerprint density at radius 3 is 2.39 bits per heavy atom. The molecule has 0 heterocycles. The van der Waals surface area contributed by atoms with Gasteiger partial charge in [0.15, 0.2) is 0 Å². The molecule has 94 valence electrons. The van der Waals surface area contributed by atoms with Gasteiger partial charge in [0.2, 0.25) is 0 Å². The molecule has 0 fully saturated rings. The number of hydrogen-bond acceptors (Lipinski definition) is 0. The van der Waals surface area contributed by atoms with Gasteiger partial charge < -0.3 is 0 Å². The molecular formula is C16H16BrF. The van der Waals surface area contributed by atoms with Crippen LogP contribution in [-0.4, -0.2) is 4.83 Å². The third kappa shape index (κ3) is 4.26. The normalized spacial score (nSPS) is 12.3. The Morgan fingerprint density at radius 1 is 0.944 bits per heavy atom. The van der Waals surface area contributed by atoms with Gasteiger partial charge in [-0.2, -0.15) is 0 Å². The van der Waals surface area contributed by atoms with Crippen molar-refractivity contribution in [3.05, 3.63) is 71.5 Å². The quantitative estimate of drug-likeness (QED) is 0.698. The number of aryl methyl sites for hydroxylation is 1. The van der Waals surface area contributed by atoms with Gasteiger partial charge in [-0.05, 0) is 42.5 Å². The maximum absolute atomic E-state index is 13.1. The van der Waals surface area contributed by atoms with Gasteiger partial charge in [-0.25, -0.2) is 4.39 Å². The first-order valence-electron chi connectivity index (χ1n) is 6.16. The molecule has 0 saturated heterocycles. The average molecular weight is 307 g/mol. The number of hydrogen-bond donors (Lipinski definition) is 0. The number of benzene rings is 2. The van der Waals surface area contributed by atoms with Crippen LogP contribution in [0.25, 0.3) is 0 Å². The van der Waals surface area contributed by atoms with E-state index in [2.05, 4.69) is 40.2 Å². The van der Waals surface area contributed by atoms with Crippen molar-refractivity contribution in [3.8, 4) is 0 Å². The monoisotopic (exact) mass is 306 g/mol. The highest BCUT2D eigenvalue weighted by atomic mass is 79.9. The molecule has 0 spiro atoms. The molecule has 1 atom stereocenters. The predicted molar refractivity (Wildman–Crippen MR) is 77.6 cm³/mol. The first-order valence-corrected chi connectivity index (χ1v) is 7.08. The molecule has 2 rings (SSSR count). The summed E-state index contributed by atoms with van der Waals surface area (Å²) in [5.74, 6) is -0.157. The molecule has 2 aromatic rings. The molecule has 0 aromatic heterocycles. The summed E-state index contributed by atoms with van der Waals surface area (Å²) in [5.41, 5.74) is 2.39. The van der Waals surface area contributed by atoms with Crippen molar-refractivity contribution in [2.45, 2.75) is 24.1 Å². The van der Waals surface area contributed by atoms with Crippen LogP contribution in [0.3, 0.4) is 0 Å². The number of alkyl halides is 1. The Bertz CT molecular complexity index is 481. The zero-order valence-electron chi connectivity index (χ0n) is 10.2. The number of halogens is 2. The molecule has 2 heteroatoms. The molecule has 18 heavy (non-hydrogen) atoms. The van der Waals surface area contributed by atoms with Crippen LogP contribution in [0.5, 0.6) is 0 Å². The van der Waals surface area contributed by atoms with Gasteiger partial charge in [0.05, 0.1) is 0 Å². The Kier molecular flexibility index (Phi) is 4.94. The highest BCUT2D eigenvalue weighted by Crippen LogP contribution is 2.16. The lowest BCUT2D eigenvalue weighted by molar-refractivity contribution is 0.624. The summed E-state index contributed by atoms with van der Waals surface area (Å²) in [5, 5.41) is 0. The summed E-state index contributed by atoms with van der Waals surface area (Å²) in [6.07, 6.45) is 2.97. The van der Waals surface area contributed by atoms with Crippen molar-refractivity contribution in [1.82, 2.24) is 0 Å². The Hall–Kier alpha value is -1.15. The van der Waals surface area contributed by atoms with Crippen molar-refractivity contribution in [3.63, 3.8) is 0 Å². The molecule has 0 aliphatic rings. The van der Waals surface area contributed by atoms with Crippen molar-refractivity contribution >= 4 is 15.9 Å². The zero-order valence-corrected chi connectivity index (χ0v) is 11.7. The molecule has 0 aliphatic heterocycles. The van der Waals surface area contributed by atoms with Crippen molar-refractivity contribution in [2.75, 3.05) is 0 Å². The maximum atomic E-state index is 13.1. The Labute approximate surface area is 116 Å². The van der Waals surface area contributed by atoms with E-state index in [1.807, 2.05) is 12.1 Å². The summed E-state index contributed by atoms with van der Waals surface area (Å²) < 4.78 is 13.1. The topological polar surface area (TPSA) is 0 Å². The molecule has 0 radical (unpaired) electrons. The van der Waals surface area contributed by atoms with Crippen molar-refractivity contribution in [2.24, 2.45) is 0 Å². The average Bonchev–Trinajstić information content (AvgIpc) is 2.38. The Morgan fingerprint density at radius 2 is 1.67 bits per heavy atom. The van der Waals surface area contributed by atoms with Crippen molar-refractivity contribution < 1.29 is 4.39 Å². The van der Waals surface area contributed by atoms with Crippen LogP contribution in [0.2, 0.25) is 0 Å². The molecule has 0 N–H and O–H groups in total. The smallest absolute Gasteiger partial charge is 0.123 e. The highest BCUT2D eigenvalue weighted by Gasteiger charge is 2.06. The lowest BCUT2D eigenvalue weighted by atomic mass is 10.0. The maximum Gasteiger partial charge on any atom is 0.123 e. The second-order valence-electron chi connectivity index (χ2n) is 4.46. The molecule has 0 aliphatic carbocycles. The van der Waals surface area contributed by atoms with E-state index >= 15 is 0 Å². The zero-order chi connectivity index (χ0) is 12.8. The van der Waals surface area contributed by atoms with Crippen LogP contribution >= 0.6 is 15.9 Å². The minimum absolute atomic E-state index is 0.157. The summed E-state index contributed by atoms with van der Waals surface area (Å²) in [6.45, 7) is 0. The van der Waals surface area contributed by atoms with Crippen LogP contribution in [0, 0.1) is 5.82 Å². The van der Waals surface area contributed by atoms with Gasteiger partial charge in [0.1, 0.15) is 5.82 Å². The van der Waals surface area contributed by atoms with Crippen LogP contribution in [0.1, 0.15) is 17.5 Å². The van der Waals surface area contributed by atoms with E-state index in [1.165, 1.54) is 11.6 Å². The van der Waals surface area contributed by atoms with Gasteiger partial charge in [-0.1, -0.05) is 58.4 Å². The van der Waals surface area contributed by atoms with Gasteiger partial charge in [0, 0.05) is 4.83 Å². The lowest BCUT2D eigenvalue weighted by Gasteiger charge is -2.10. The molecule has 1 unspecified atom stereocenters. The van der Waals surface area contributed by atoms with E-state index < -0.39 is 0 Å². The lowest BCUT2D eigenvalue weighted by Crippen LogP contribution is -2.04. The van der Waals surface area contributed by atoms with Crippen LogP contribution in [0.4, 0.5) is 4.39 Å². The van der Waals surface area contributed by atoms with Gasteiger partial charge in [-0.3, -0.25) is 0 Å². The van der Waals surface area contributed by atoms with Crippen LogP contribution in [-0.2, 0) is 12.8 Å². The second-order valence-corrected chi connectivity index (χ2v) is 5.75. The largest absolute Gasteiger partial charge is 0.207 e. The Balaban J connectivity index is 1.84. The number of rotatable bonds is 5. The fourth-order valence-corrected chi connectivity index (χ4v) is 2.59. The molecule has 0 bridgehead atoms. The first kappa shape index (κ1) is 13.3. The minimum Gasteiger partial charge on any atom is -0.207 e. The molecule has 0 amide bonds. The van der Waals surface area contributed by atoms with Gasteiger partial charge in [-0.15, -0.1) is 0 Å². The molecular weight excluding hydrogens is 291 g/mol. The molecule has 2 aromatic carbocycles. The summed E-state index contributed by atoms with van der Waals surface area (Å²) in [4.78, 5) is 0.388. The summed E-state index contributed by atoms with van der Waals surface area (Å²) in [7, 11) is 0. The SMILES string of the molecule is Fc1cccc(CC(Br)CCc2ccccc2)c1. The summed E-state index contributed by atoms with van der Waals surface area (Å²) in [6, 6.07) is 17.3. The highest BCUT2D eigenvalue weighted by molar-refractivity contribution is 9.09. The van der Waals surface area contributed by atoms with Crippen LogP contribution in [0.15, 0.2) is 54.6 Å². The fourth-order valence-electron chi connectivity index (χ4n) is 1.99. The van der Waals surface area contributed by atoms with Gasteiger partial charge in [0.25, 0.3) is 0 Å². The fraction of sp³-hybridized carbons (Fsp3) is 0.250. The van der Waals surface area contributed by atoms with E-state index in [4.69, 9.17) is 0 Å². The second kappa shape index (κ2) is 6.69. The van der Waals surface area contributed by atoms with E-state index in [0.29, 0.717) is 4.83 Å². The first-order chi connectivity index (χ1) is 8.74. The van der Waals surface area contributed by atoms with E-state index in [9.17, 15) is 4.39 Å². The molecule has 0 nitrogen and oxygen atoms in total. The third-order valence-corrected chi connectivity index (χ3v) is 3.72. The van der Waals surface area contributed by atoms with Crippen LogP contribution < -0.4 is 0 Å². The van der Waals surface area contributed by atoms with Crippen molar-refractivity contribution in [1.29, 1.82) is 0 Å². The predicted octanol–water partition coefficient (Wildman–Crippen LogP) is 4.76. The molecule has 0 saturated carbocycles. The van der Waals surface area contributed by atoms with Gasteiger partial charge >= 0.3 is 0 Å².